The van der Waals surface area contributed by atoms with E-state index in [1.54, 1.807) is 14.7 Å². The summed E-state index contributed by atoms with van der Waals surface area (Å²) in [6.45, 7) is 4.07. The number of carbonyl (C=O) groups is 2. The van der Waals surface area contributed by atoms with Crippen LogP contribution in [0.15, 0.2) is 0 Å². The predicted octanol–water partition coefficient (Wildman–Crippen LogP) is 1.07. The normalized spacial score (nSPS) is 22.0. The van der Waals surface area contributed by atoms with Gasteiger partial charge in [0.2, 0.25) is 22.0 Å². The second-order valence-corrected chi connectivity index (χ2v) is 7.16. The van der Waals surface area contributed by atoms with Crippen molar-refractivity contribution in [2.45, 2.75) is 19.5 Å². The van der Waals surface area contributed by atoms with E-state index in [-0.39, 0.29) is 29.4 Å². The molecule has 0 unspecified atom stereocenters. The van der Waals surface area contributed by atoms with Gasteiger partial charge < -0.3 is 14.7 Å². The van der Waals surface area contributed by atoms with E-state index >= 15 is 0 Å². The quantitative estimate of drug-likeness (QED) is 0.788. The maximum atomic E-state index is 12.6. The van der Waals surface area contributed by atoms with Gasteiger partial charge >= 0.3 is 6.18 Å². The van der Waals surface area contributed by atoms with Gasteiger partial charge in [0, 0.05) is 38.6 Å². The van der Waals surface area contributed by atoms with Crippen LogP contribution in [0, 0.1) is 5.92 Å². The Bertz CT molecular complexity index is 657. The zero-order valence-corrected chi connectivity index (χ0v) is 14.4. The average molecular weight is 377 g/mol. The van der Waals surface area contributed by atoms with E-state index in [9.17, 15) is 22.8 Å². The highest BCUT2D eigenvalue weighted by molar-refractivity contribution is 7.15. The van der Waals surface area contributed by atoms with E-state index in [1.807, 2.05) is 6.92 Å². The summed E-state index contributed by atoms with van der Waals surface area (Å²) >= 11 is 0.505. The highest BCUT2D eigenvalue weighted by Crippen LogP contribution is 2.34. The van der Waals surface area contributed by atoms with Crippen molar-refractivity contribution in [1.29, 1.82) is 0 Å². The summed E-state index contributed by atoms with van der Waals surface area (Å²) < 4.78 is 37.8. The molecule has 2 aliphatic rings. The van der Waals surface area contributed by atoms with Gasteiger partial charge in [-0.3, -0.25) is 9.59 Å². The third-order valence-electron chi connectivity index (χ3n) is 4.45. The van der Waals surface area contributed by atoms with E-state index in [1.165, 1.54) is 0 Å². The van der Waals surface area contributed by atoms with Gasteiger partial charge in [0.05, 0.1) is 6.54 Å². The second-order valence-electron chi connectivity index (χ2n) is 6.20. The third kappa shape index (κ3) is 3.86. The van der Waals surface area contributed by atoms with Gasteiger partial charge in [-0.15, -0.1) is 10.2 Å². The minimum absolute atomic E-state index is 0.000487. The molecule has 0 aromatic carbocycles. The van der Waals surface area contributed by atoms with Crippen molar-refractivity contribution in [2.75, 3.05) is 44.2 Å². The maximum absolute atomic E-state index is 12.6. The van der Waals surface area contributed by atoms with Gasteiger partial charge in [-0.1, -0.05) is 18.3 Å². The standard InChI is InChI=1S/C14H18F3N5O2S/c1-9-2-3-22(11(9)24)8-10(23)20-4-6-21(7-5-20)13-19-18-12(25-13)14(15,16)17/h9H,2-8H2,1H3/t9-/m0/s1. The number of rotatable bonds is 3. The first kappa shape index (κ1) is 17.9. The zero-order chi connectivity index (χ0) is 18.2. The number of hydrogen-bond acceptors (Lipinski definition) is 6. The first-order valence-corrected chi connectivity index (χ1v) is 8.79. The summed E-state index contributed by atoms with van der Waals surface area (Å²) in [5, 5.41) is 6.01. The third-order valence-corrected chi connectivity index (χ3v) is 5.48. The fraction of sp³-hybridized carbons (Fsp3) is 0.714. The fourth-order valence-electron chi connectivity index (χ4n) is 2.92. The summed E-state index contributed by atoms with van der Waals surface area (Å²) in [5.74, 6) is -0.166. The van der Waals surface area contributed by atoms with E-state index in [2.05, 4.69) is 10.2 Å². The number of anilines is 1. The molecule has 2 aliphatic heterocycles. The van der Waals surface area contributed by atoms with Crippen LogP contribution in [0.25, 0.3) is 0 Å². The fourth-order valence-corrected chi connectivity index (χ4v) is 3.68. The molecule has 11 heteroatoms. The number of aromatic nitrogens is 2. The Balaban J connectivity index is 1.52. The second kappa shape index (κ2) is 6.77. The Kier molecular flexibility index (Phi) is 4.85. The number of hydrogen-bond donors (Lipinski definition) is 0. The lowest BCUT2D eigenvalue weighted by Gasteiger charge is -2.35. The molecule has 2 saturated heterocycles. The Labute approximate surface area is 146 Å². The van der Waals surface area contributed by atoms with Gasteiger partial charge in [-0.25, -0.2) is 0 Å². The SMILES string of the molecule is C[C@H]1CCN(CC(=O)N2CCN(c3nnc(C(F)(F)F)s3)CC2)C1=O. The lowest BCUT2D eigenvalue weighted by Crippen LogP contribution is -2.51. The van der Waals surface area contributed by atoms with Crippen molar-refractivity contribution >= 4 is 28.3 Å². The van der Waals surface area contributed by atoms with Crippen LogP contribution in [0.4, 0.5) is 18.3 Å². The van der Waals surface area contributed by atoms with Gasteiger partial charge in [0.25, 0.3) is 0 Å². The molecular weight excluding hydrogens is 359 g/mol. The van der Waals surface area contributed by atoms with E-state index in [0.29, 0.717) is 44.1 Å². The van der Waals surface area contributed by atoms with E-state index < -0.39 is 11.2 Å². The van der Waals surface area contributed by atoms with Crippen LogP contribution in [0.2, 0.25) is 0 Å². The van der Waals surface area contributed by atoms with Crippen molar-refractivity contribution < 1.29 is 22.8 Å². The molecule has 3 heterocycles. The lowest BCUT2D eigenvalue weighted by atomic mass is 10.1. The minimum Gasteiger partial charge on any atom is -0.343 e. The maximum Gasteiger partial charge on any atom is 0.445 e. The van der Waals surface area contributed by atoms with Gasteiger partial charge in [0.15, 0.2) is 0 Å². The Hall–Kier alpha value is -1.91. The van der Waals surface area contributed by atoms with Crippen molar-refractivity contribution in [3.8, 4) is 0 Å². The molecule has 0 bridgehead atoms. The number of carbonyl (C=O) groups excluding carboxylic acids is 2. The summed E-state index contributed by atoms with van der Waals surface area (Å²) in [7, 11) is 0. The van der Waals surface area contributed by atoms with Crippen molar-refractivity contribution in [3.05, 3.63) is 5.01 Å². The number of piperazine rings is 1. The molecule has 7 nitrogen and oxygen atoms in total. The van der Waals surface area contributed by atoms with Crippen LogP contribution >= 0.6 is 11.3 Å². The summed E-state index contributed by atoms with van der Waals surface area (Å²) in [6, 6.07) is 0. The lowest BCUT2D eigenvalue weighted by molar-refractivity contribution is -0.139. The number of likely N-dealkylation sites (tertiary alicyclic amines) is 1. The molecule has 2 amide bonds. The number of amides is 2. The minimum atomic E-state index is -4.49. The van der Waals surface area contributed by atoms with Gasteiger partial charge in [-0.05, 0) is 6.42 Å². The smallest absolute Gasteiger partial charge is 0.343 e. The first-order valence-electron chi connectivity index (χ1n) is 7.98. The van der Waals surface area contributed by atoms with Crippen LogP contribution in [0.5, 0.6) is 0 Å². The van der Waals surface area contributed by atoms with Crippen molar-refractivity contribution in [3.63, 3.8) is 0 Å². The number of alkyl halides is 3. The summed E-state index contributed by atoms with van der Waals surface area (Å²) in [6.07, 6.45) is -3.73. The molecular formula is C14H18F3N5O2S. The molecule has 25 heavy (non-hydrogen) atoms. The van der Waals surface area contributed by atoms with Crippen LogP contribution in [-0.4, -0.2) is 71.1 Å². The largest absolute Gasteiger partial charge is 0.445 e. The van der Waals surface area contributed by atoms with Gasteiger partial charge in [0.1, 0.15) is 0 Å². The Morgan fingerprint density at radius 3 is 2.40 bits per heavy atom. The molecule has 0 radical (unpaired) electrons. The molecule has 2 fully saturated rings. The van der Waals surface area contributed by atoms with Crippen LogP contribution in [-0.2, 0) is 15.8 Å². The summed E-state index contributed by atoms with van der Waals surface area (Å²) in [4.78, 5) is 29.1. The van der Waals surface area contributed by atoms with Crippen LogP contribution in [0.3, 0.4) is 0 Å². The molecule has 138 valence electrons. The average Bonchev–Trinajstić information content (AvgIpc) is 3.18. The van der Waals surface area contributed by atoms with Crippen molar-refractivity contribution in [2.24, 2.45) is 5.92 Å². The topological polar surface area (TPSA) is 69.6 Å². The molecule has 0 spiro atoms. The van der Waals surface area contributed by atoms with Crippen LogP contribution < -0.4 is 4.90 Å². The molecule has 0 aliphatic carbocycles. The molecule has 1 aromatic rings. The van der Waals surface area contributed by atoms with Gasteiger partial charge in [-0.2, -0.15) is 13.2 Å². The highest BCUT2D eigenvalue weighted by Gasteiger charge is 2.37. The molecule has 1 atom stereocenters. The van der Waals surface area contributed by atoms with E-state index in [4.69, 9.17) is 0 Å². The Morgan fingerprint density at radius 2 is 1.88 bits per heavy atom. The van der Waals surface area contributed by atoms with Crippen molar-refractivity contribution in [1.82, 2.24) is 20.0 Å². The summed E-state index contributed by atoms with van der Waals surface area (Å²) in [5.41, 5.74) is 0. The molecule has 1 aromatic heterocycles. The molecule has 3 rings (SSSR count). The first-order chi connectivity index (χ1) is 11.8. The highest BCUT2D eigenvalue weighted by atomic mass is 32.1. The van der Waals surface area contributed by atoms with E-state index in [0.717, 1.165) is 6.42 Å². The molecule has 0 saturated carbocycles. The van der Waals surface area contributed by atoms with Crippen LogP contribution in [0.1, 0.15) is 18.4 Å². The Morgan fingerprint density at radius 1 is 1.20 bits per heavy atom. The molecule has 0 N–H and O–H groups in total. The number of nitrogens with zero attached hydrogens (tertiary/aromatic N) is 5. The predicted molar refractivity (Wildman–Crippen MR) is 84.1 cm³/mol. The monoisotopic (exact) mass is 377 g/mol. The number of halogens is 3. The zero-order valence-electron chi connectivity index (χ0n) is 13.6.